The topological polar surface area (TPSA) is 95.6 Å². The van der Waals surface area contributed by atoms with E-state index < -0.39 is 0 Å². The predicted molar refractivity (Wildman–Crippen MR) is 52.7 cm³/mol. The molecular formula is C8H10N6. The molecule has 14 heavy (non-hydrogen) atoms. The smallest absolute Gasteiger partial charge is 0.174 e. The molecule has 6 nitrogen and oxygen atoms in total. The Hall–Kier alpha value is -2.11. The van der Waals surface area contributed by atoms with Crippen LogP contribution in [-0.4, -0.2) is 19.7 Å². The normalized spacial score (nSPS) is 10.4. The molecule has 72 valence electrons. The first kappa shape index (κ1) is 8.49. The van der Waals surface area contributed by atoms with Gasteiger partial charge in [0.25, 0.3) is 0 Å². The number of rotatable bonds is 1. The number of nitrogens with zero attached hydrogens (tertiary/aromatic N) is 4. The van der Waals surface area contributed by atoms with Crippen molar-refractivity contribution in [1.82, 2.24) is 19.7 Å². The van der Waals surface area contributed by atoms with Crippen LogP contribution in [0.25, 0.3) is 5.82 Å². The maximum atomic E-state index is 5.53. The number of aromatic nitrogens is 4. The van der Waals surface area contributed by atoms with Gasteiger partial charge in [0, 0.05) is 6.20 Å². The third kappa shape index (κ3) is 1.37. The maximum Gasteiger partial charge on any atom is 0.174 e. The summed E-state index contributed by atoms with van der Waals surface area (Å²) in [5, 5.41) is 4.17. The Morgan fingerprint density at radius 3 is 2.64 bits per heavy atom. The first-order chi connectivity index (χ1) is 6.66. The van der Waals surface area contributed by atoms with E-state index in [0.717, 1.165) is 5.69 Å². The molecule has 0 aliphatic rings. The van der Waals surface area contributed by atoms with E-state index in [1.807, 2.05) is 13.0 Å². The molecule has 4 N–H and O–H groups in total. The van der Waals surface area contributed by atoms with E-state index in [2.05, 4.69) is 15.1 Å². The summed E-state index contributed by atoms with van der Waals surface area (Å²) in [6.45, 7) is 1.89. The molecule has 2 rings (SSSR count). The Morgan fingerprint density at radius 1 is 1.29 bits per heavy atom. The number of nitrogen functional groups attached to an aromatic ring is 2. The third-order valence-corrected chi connectivity index (χ3v) is 1.77. The van der Waals surface area contributed by atoms with E-state index in [-0.39, 0.29) is 11.6 Å². The molecule has 0 unspecified atom stereocenters. The number of hydrogen-bond acceptors (Lipinski definition) is 5. The van der Waals surface area contributed by atoms with Crippen LogP contribution in [0.5, 0.6) is 0 Å². The van der Waals surface area contributed by atoms with Crippen LogP contribution in [0.2, 0.25) is 0 Å². The Kier molecular flexibility index (Phi) is 1.81. The van der Waals surface area contributed by atoms with Gasteiger partial charge in [-0.1, -0.05) is 0 Å². The number of aryl methyl sites for hydroxylation is 1. The van der Waals surface area contributed by atoms with Crippen molar-refractivity contribution in [2.75, 3.05) is 11.5 Å². The SMILES string of the molecule is Cc1ccn(-c2cnc(N)c(N)n2)n1. The van der Waals surface area contributed by atoms with Gasteiger partial charge >= 0.3 is 0 Å². The highest BCUT2D eigenvalue weighted by Crippen LogP contribution is 2.10. The monoisotopic (exact) mass is 190 g/mol. The quantitative estimate of drug-likeness (QED) is 0.666. The number of anilines is 2. The molecule has 2 heterocycles. The highest BCUT2D eigenvalue weighted by Gasteiger charge is 2.03. The zero-order chi connectivity index (χ0) is 10.1. The molecule has 2 aromatic rings. The molecule has 0 saturated carbocycles. The first-order valence-corrected chi connectivity index (χ1v) is 4.07. The van der Waals surface area contributed by atoms with Gasteiger partial charge in [-0.3, -0.25) is 0 Å². The van der Waals surface area contributed by atoms with E-state index in [1.54, 1.807) is 10.9 Å². The van der Waals surface area contributed by atoms with Crippen LogP contribution in [-0.2, 0) is 0 Å². The van der Waals surface area contributed by atoms with Crippen LogP contribution in [0.15, 0.2) is 18.5 Å². The lowest BCUT2D eigenvalue weighted by Crippen LogP contribution is -2.06. The Morgan fingerprint density at radius 2 is 2.07 bits per heavy atom. The lowest BCUT2D eigenvalue weighted by Gasteiger charge is -2.02. The largest absolute Gasteiger partial charge is 0.381 e. The van der Waals surface area contributed by atoms with Gasteiger partial charge in [-0.05, 0) is 13.0 Å². The van der Waals surface area contributed by atoms with Crippen LogP contribution >= 0.6 is 0 Å². The minimum Gasteiger partial charge on any atom is -0.381 e. The van der Waals surface area contributed by atoms with Gasteiger partial charge in [0.15, 0.2) is 17.5 Å². The van der Waals surface area contributed by atoms with Crippen molar-refractivity contribution in [2.24, 2.45) is 0 Å². The summed E-state index contributed by atoms with van der Waals surface area (Å²) in [6.07, 6.45) is 3.31. The second-order valence-corrected chi connectivity index (χ2v) is 2.90. The van der Waals surface area contributed by atoms with Crippen molar-refractivity contribution in [3.63, 3.8) is 0 Å². The minimum atomic E-state index is 0.218. The van der Waals surface area contributed by atoms with Gasteiger partial charge in [0.05, 0.1) is 11.9 Å². The second-order valence-electron chi connectivity index (χ2n) is 2.90. The third-order valence-electron chi connectivity index (χ3n) is 1.77. The van der Waals surface area contributed by atoms with E-state index in [9.17, 15) is 0 Å². The van der Waals surface area contributed by atoms with Crippen LogP contribution in [0, 0.1) is 6.92 Å². The summed E-state index contributed by atoms with van der Waals surface area (Å²) in [6, 6.07) is 1.87. The average Bonchev–Trinajstić information content (AvgIpc) is 2.57. The fourth-order valence-electron chi connectivity index (χ4n) is 1.06. The average molecular weight is 190 g/mol. The lowest BCUT2D eigenvalue weighted by atomic mass is 10.5. The molecule has 0 spiro atoms. The molecule has 6 heteroatoms. The molecule has 0 radical (unpaired) electrons. The van der Waals surface area contributed by atoms with Crippen LogP contribution in [0.4, 0.5) is 11.6 Å². The molecule has 0 bridgehead atoms. The van der Waals surface area contributed by atoms with Crippen molar-refractivity contribution in [3.8, 4) is 5.82 Å². The molecule has 0 saturated heterocycles. The Balaban J connectivity index is 2.47. The minimum absolute atomic E-state index is 0.218. The van der Waals surface area contributed by atoms with Crippen molar-refractivity contribution in [2.45, 2.75) is 6.92 Å². The van der Waals surface area contributed by atoms with Gasteiger partial charge in [-0.2, -0.15) is 5.10 Å². The van der Waals surface area contributed by atoms with Crippen LogP contribution in [0.3, 0.4) is 0 Å². The fraction of sp³-hybridized carbons (Fsp3) is 0.125. The molecule has 0 fully saturated rings. The van der Waals surface area contributed by atoms with E-state index >= 15 is 0 Å². The molecular weight excluding hydrogens is 180 g/mol. The summed E-state index contributed by atoms with van der Waals surface area (Å²) in [5.41, 5.74) is 11.9. The summed E-state index contributed by atoms with van der Waals surface area (Å²) in [7, 11) is 0. The summed E-state index contributed by atoms with van der Waals surface area (Å²) < 4.78 is 1.60. The van der Waals surface area contributed by atoms with Gasteiger partial charge in [0.2, 0.25) is 0 Å². The van der Waals surface area contributed by atoms with Crippen molar-refractivity contribution in [1.29, 1.82) is 0 Å². The van der Waals surface area contributed by atoms with Crippen LogP contribution in [0.1, 0.15) is 5.69 Å². The van der Waals surface area contributed by atoms with E-state index in [4.69, 9.17) is 11.5 Å². The second kappa shape index (κ2) is 2.99. The van der Waals surface area contributed by atoms with Crippen molar-refractivity contribution in [3.05, 3.63) is 24.2 Å². The molecule has 2 aromatic heterocycles. The zero-order valence-corrected chi connectivity index (χ0v) is 7.68. The van der Waals surface area contributed by atoms with Crippen molar-refractivity contribution >= 4 is 11.6 Å². The fourth-order valence-corrected chi connectivity index (χ4v) is 1.06. The molecule has 0 aliphatic carbocycles. The highest BCUT2D eigenvalue weighted by molar-refractivity contribution is 5.53. The standard InChI is InChI=1S/C8H10N6/c1-5-2-3-14(13-5)6-4-11-7(9)8(10)12-6/h2-4H,1H3,(H2,9,11)(H2,10,12). The van der Waals surface area contributed by atoms with E-state index in [1.165, 1.54) is 6.20 Å². The number of nitrogens with two attached hydrogens (primary N) is 2. The number of hydrogen-bond donors (Lipinski definition) is 2. The molecule has 0 aromatic carbocycles. The first-order valence-electron chi connectivity index (χ1n) is 4.07. The molecule has 0 aliphatic heterocycles. The molecule has 0 atom stereocenters. The summed E-state index contributed by atoms with van der Waals surface area (Å²) in [5.74, 6) is 1.01. The van der Waals surface area contributed by atoms with E-state index in [0.29, 0.717) is 5.82 Å². The van der Waals surface area contributed by atoms with Gasteiger partial charge in [-0.15, -0.1) is 0 Å². The molecule has 0 amide bonds. The van der Waals surface area contributed by atoms with Gasteiger partial charge in [0.1, 0.15) is 0 Å². The van der Waals surface area contributed by atoms with Crippen molar-refractivity contribution < 1.29 is 0 Å². The highest BCUT2D eigenvalue weighted by atomic mass is 15.3. The summed E-state index contributed by atoms with van der Waals surface area (Å²) >= 11 is 0. The van der Waals surface area contributed by atoms with Gasteiger partial charge in [-0.25, -0.2) is 14.6 Å². The zero-order valence-electron chi connectivity index (χ0n) is 7.68. The Labute approximate surface area is 80.6 Å². The predicted octanol–water partition coefficient (Wildman–Crippen LogP) is 0.135. The van der Waals surface area contributed by atoms with Gasteiger partial charge < -0.3 is 11.5 Å². The Bertz CT molecular complexity index is 461. The van der Waals surface area contributed by atoms with Crippen LogP contribution < -0.4 is 11.5 Å². The summed E-state index contributed by atoms with van der Waals surface area (Å²) in [4.78, 5) is 7.94. The lowest BCUT2D eigenvalue weighted by molar-refractivity contribution is 0.827. The maximum absolute atomic E-state index is 5.53.